The molecule has 0 bridgehead atoms. The second-order valence-corrected chi connectivity index (χ2v) is 5.42. The summed E-state index contributed by atoms with van der Waals surface area (Å²) in [5, 5.41) is 5.67. The van der Waals surface area contributed by atoms with Crippen molar-refractivity contribution in [2.75, 3.05) is 20.1 Å². The van der Waals surface area contributed by atoms with Gasteiger partial charge in [0.25, 0.3) is 0 Å². The average molecular weight is 250 g/mol. The molecule has 3 aliphatic heterocycles. The van der Waals surface area contributed by atoms with Gasteiger partial charge in [0.15, 0.2) is 0 Å². The highest BCUT2D eigenvalue weighted by Crippen LogP contribution is 2.36. The smallest absolute Gasteiger partial charge is 0.250 e. The second kappa shape index (κ2) is 3.78. The Morgan fingerprint density at radius 2 is 2.28 bits per heavy atom. The molecule has 3 heterocycles. The van der Waals surface area contributed by atoms with Gasteiger partial charge in [-0.3, -0.25) is 19.5 Å². The van der Waals surface area contributed by atoms with Gasteiger partial charge in [-0.2, -0.15) is 0 Å². The van der Waals surface area contributed by atoms with E-state index in [1.807, 2.05) is 14.0 Å². The number of likely N-dealkylation sites (tertiary alicyclic amines) is 1. The van der Waals surface area contributed by atoms with Crippen LogP contribution in [0.2, 0.25) is 0 Å². The van der Waals surface area contributed by atoms with Gasteiger partial charge in [-0.25, -0.2) is 0 Å². The molecule has 6 nitrogen and oxygen atoms in total. The van der Waals surface area contributed by atoms with Crippen LogP contribution in [0.25, 0.3) is 0 Å². The zero-order chi connectivity index (χ0) is 12.9. The van der Waals surface area contributed by atoms with Crippen molar-refractivity contribution in [3.05, 3.63) is 0 Å². The summed E-state index contributed by atoms with van der Waals surface area (Å²) in [7, 11) is 1.97. The van der Waals surface area contributed by atoms with Crippen LogP contribution < -0.4 is 10.6 Å². The number of carbonyl (C=O) groups is 2. The van der Waals surface area contributed by atoms with Crippen molar-refractivity contribution in [2.24, 2.45) is 10.9 Å². The molecular formula is C12H18N4O2. The number of amidine groups is 1. The first-order valence-electron chi connectivity index (χ1n) is 6.45. The molecular weight excluding hydrogens is 232 g/mol. The Hall–Kier alpha value is -1.43. The monoisotopic (exact) mass is 250 g/mol. The first-order chi connectivity index (χ1) is 8.56. The van der Waals surface area contributed by atoms with Gasteiger partial charge in [0.05, 0.1) is 0 Å². The Kier molecular flexibility index (Phi) is 2.45. The van der Waals surface area contributed by atoms with Crippen molar-refractivity contribution in [1.82, 2.24) is 15.5 Å². The highest BCUT2D eigenvalue weighted by Gasteiger charge is 2.56. The van der Waals surface area contributed by atoms with Crippen molar-refractivity contribution >= 4 is 17.6 Å². The van der Waals surface area contributed by atoms with Gasteiger partial charge in [0.2, 0.25) is 11.8 Å². The van der Waals surface area contributed by atoms with Crippen molar-refractivity contribution in [1.29, 1.82) is 0 Å². The zero-order valence-corrected chi connectivity index (χ0v) is 10.7. The summed E-state index contributed by atoms with van der Waals surface area (Å²) in [6, 6.07) is -0.239. The van der Waals surface area contributed by atoms with E-state index in [0.717, 1.165) is 25.2 Å². The molecule has 3 unspecified atom stereocenters. The summed E-state index contributed by atoms with van der Waals surface area (Å²) < 4.78 is 0. The van der Waals surface area contributed by atoms with Crippen LogP contribution in [0, 0.1) is 5.92 Å². The lowest BCUT2D eigenvalue weighted by molar-refractivity contribution is -0.140. The Labute approximate surface area is 106 Å². The Morgan fingerprint density at radius 3 is 2.72 bits per heavy atom. The molecule has 0 aliphatic carbocycles. The van der Waals surface area contributed by atoms with Crippen molar-refractivity contribution in [2.45, 2.75) is 31.3 Å². The first-order valence-corrected chi connectivity index (χ1v) is 6.45. The molecule has 0 radical (unpaired) electrons. The van der Waals surface area contributed by atoms with Gasteiger partial charge in [-0.15, -0.1) is 0 Å². The summed E-state index contributed by atoms with van der Waals surface area (Å²) in [4.78, 5) is 29.9. The minimum Gasteiger partial charge on any atom is -0.352 e. The highest BCUT2D eigenvalue weighted by atomic mass is 16.2. The van der Waals surface area contributed by atoms with Crippen LogP contribution in [0.15, 0.2) is 4.99 Å². The predicted molar refractivity (Wildman–Crippen MR) is 66.1 cm³/mol. The summed E-state index contributed by atoms with van der Waals surface area (Å²) >= 11 is 0. The number of β-lactam (4-membered cyclic amide) rings is 1. The molecule has 18 heavy (non-hydrogen) atoms. The van der Waals surface area contributed by atoms with Crippen LogP contribution in [-0.4, -0.2) is 54.3 Å². The van der Waals surface area contributed by atoms with Crippen molar-refractivity contribution < 1.29 is 9.59 Å². The van der Waals surface area contributed by atoms with Crippen molar-refractivity contribution in [3.63, 3.8) is 0 Å². The number of amides is 2. The lowest BCUT2D eigenvalue weighted by Gasteiger charge is -2.42. The Balaban J connectivity index is 1.77. The molecule has 3 atom stereocenters. The van der Waals surface area contributed by atoms with Gasteiger partial charge in [0.1, 0.15) is 17.4 Å². The van der Waals surface area contributed by atoms with E-state index in [0.29, 0.717) is 6.54 Å². The maximum atomic E-state index is 11.7. The van der Waals surface area contributed by atoms with Gasteiger partial charge in [-0.05, 0) is 19.9 Å². The third-order valence-electron chi connectivity index (χ3n) is 4.40. The van der Waals surface area contributed by atoms with Gasteiger partial charge in [0, 0.05) is 19.0 Å². The molecule has 2 N–H and O–H groups in total. The number of carbonyl (C=O) groups excluding carboxylic acids is 2. The molecule has 3 aliphatic rings. The predicted octanol–water partition coefficient (Wildman–Crippen LogP) is -0.886. The number of hydrogen-bond acceptors (Lipinski definition) is 4. The summed E-state index contributed by atoms with van der Waals surface area (Å²) in [6.07, 6.45) is 1.48. The molecule has 0 aromatic rings. The third-order valence-corrected chi connectivity index (χ3v) is 4.40. The van der Waals surface area contributed by atoms with E-state index >= 15 is 0 Å². The molecule has 0 aromatic heterocycles. The lowest BCUT2D eigenvalue weighted by atomic mass is 9.85. The van der Waals surface area contributed by atoms with E-state index in [4.69, 9.17) is 0 Å². The maximum Gasteiger partial charge on any atom is 0.250 e. The lowest BCUT2D eigenvalue weighted by Crippen LogP contribution is -2.69. The topological polar surface area (TPSA) is 73.8 Å². The second-order valence-electron chi connectivity index (χ2n) is 5.42. The van der Waals surface area contributed by atoms with Crippen LogP contribution in [0.4, 0.5) is 0 Å². The number of nitrogens with zero attached hydrogens (tertiary/aromatic N) is 2. The minimum atomic E-state index is -0.359. The fourth-order valence-corrected chi connectivity index (χ4v) is 3.11. The fourth-order valence-electron chi connectivity index (χ4n) is 3.11. The molecule has 2 saturated heterocycles. The van der Waals surface area contributed by atoms with Crippen LogP contribution >= 0.6 is 0 Å². The van der Waals surface area contributed by atoms with E-state index in [9.17, 15) is 9.59 Å². The van der Waals surface area contributed by atoms with Crippen LogP contribution in [0.3, 0.4) is 0 Å². The number of hydrogen-bond donors (Lipinski definition) is 2. The standard InChI is InChI=1S/C12H18N4O2/c1-3-8-10(17)15-9(14-8)7-4-12(16(2)5-7)6-13-11(12)18/h7-8H,3-6H2,1-2H3,(H,13,18)(H,14,15,17). The van der Waals surface area contributed by atoms with Crippen LogP contribution in [0.1, 0.15) is 19.8 Å². The molecule has 0 aromatic carbocycles. The molecule has 1 spiro atoms. The number of nitrogens with one attached hydrogen (secondary N) is 2. The molecule has 6 heteroatoms. The van der Waals surface area contributed by atoms with Crippen molar-refractivity contribution in [3.8, 4) is 0 Å². The summed E-state index contributed by atoms with van der Waals surface area (Å²) in [5.74, 6) is 1.04. The van der Waals surface area contributed by atoms with E-state index in [1.54, 1.807) is 0 Å². The first kappa shape index (κ1) is 11.6. The zero-order valence-electron chi connectivity index (χ0n) is 10.7. The van der Waals surface area contributed by atoms with E-state index in [1.165, 1.54) is 0 Å². The third kappa shape index (κ3) is 1.41. The van der Waals surface area contributed by atoms with E-state index in [2.05, 4.69) is 20.5 Å². The SMILES string of the molecule is CCC1N=C(C2CN(C)C3(CNC3=O)C2)NC1=O. The highest BCUT2D eigenvalue weighted by molar-refractivity contribution is 6.07. The van der Waals surface area contributed by atoms with Crippen LogP contribution in [-0.2, 0) is 9.59 Å². The normalized spacial score (nSPS) is 39.6. The molecule has 2 amide bonds. The fraction of sp³-hybridized carbons (Fsp3) is 0.750. The van der Waals surface area contributed by atoms with Gasteiger partial charge >= 0.3 is 0 Å². The number of aliphatic imine (C=N–C) groups is 1. The van der Waals surface area contributed by atoms with Gasteiger partial charge in [-0.1, -0.05) is 6.92 Å². The van der Waals surface area contributed by atoms with E-state index < -0.39 is 0 Å². The number of likely N-dealkylation sites (N-methyl/N-ethyl adjacent to an activating group) is 1. The molecule has 0 saturated carbocycles. The van der Waals surface area contributed by atoms with Crippen LogP contribution in [0.5, 0.6) is 0 Å². The largest absolute Gasteiger partial charge is 0.352 e. The quantitative estimate of drug-likeness (QED) is 0.625. The average Bonchev–Trinajstić information content (AvgIpc) is 2.89. The molecule has 2 fully saturated rings. The maximum absolute atomic E-state index is 11.7. The molecule has 3 rings (SSSR count). The molecule has 98 valence electrons. The minimum absolute atomic E-state index is 0.00540. The Morgan fingerprint density at radius 1 is 1.50 bits per heavy atom. The Bertz CT molecular complexity index is 447. The summed E-state index contributed by atoms with van der Waals surface area (Å²) in [6.45, 7) is 3.44. The van der Waals surface area contributed by atoms with Gasteiger partial charge < -0.3 is 10.6 Å². The van der Waals surface area contributed by atoms with E-state index in [-0.39, 0.29) is 29.3 Å². The number of rotatable bonds is 2. The summed E-state index contributed by atoms with van der Waals surface area (Å²) in [5.41, 5.74) is -0.359.